The highest BCUT2D eigenvalue weighted by atomic mass is 15.2. The molecular weight excluding hydrogens is 362 g/mol. The van der Waals surface area contributed by atoms with E-state index in [1.54, 1.807) is 6.20 Å². The molecule has 7 nitrogen and oxygen atoms in total. The largest absolute Gasteiger partial charge is 0.337 e. The highest BCUT2D eigenvalue weighted by Gasteiger charge is 2.12. The van der Waals surface area contributed by atoms with Gasteiger partial charge in [-0.15, -0.1) is 0 Å². The predicted molar refractivity (Wildman–Crippen MR) is 114 cm³/mol. The van der Waals surface area contributed by atoms with Gasteiger partial charge < -0.3 is 9.72 Å². The molecule has 0 unspecified atom stereocenters. The Kier molecular flexibility index (Phi) is 3.31. The minimum atomic E-state index is 0.716. The Hall–Kier alpha value is -4.00. The van der Waals surface area contributed by atoms with Crippen LogP contribution in [0.1, 0.15) is 11.1 Å². The maximum Gasteiger partial charge on any atom is 0.180 e. The number of benzene rings is 2. The van der Waals surface area contributed by atoms with E-state index in [0.29, 0.717) is 5.82 Å². The van der Waals surface area contributed by atoms with Crippen molar-refractivity contribution in [1.29, 1.82) is 0 Å². The maximum atomic E-state index is 4.89. The average Bonchev–Trinajstić information content (AvgIpc) is 3.47. The fraction of sp³-hybridized carbons (Fsp3) is 0.0909. The fourth-order valence-electron chi connectivity index (χ4n) is 3.79. The van der Waals surface area contributed by atoms with Crippen LogP contribution in [-0.4, -0.2) is 30.4 Å². The molecule has 29 heavy (non-hydrogen) atoms. The first-order valence-electron chi connectivity index (χ1n) is 9.40. The van der Waals surface area contributed by atoms with Crippen molar-refractivity contribution in [3.05, 3.63) is 72.3 Å². The molecule has 1 N–H and O–H groups in total. The number of nitrogens with zero attached hydrogens (tertiary/aromatic N) is 6. The lowest BCUT2D eigenvalue weighted by Crippen LogP contribution is -2.01. The Morgan fingerprint density at radius 2 is 2.07 bits per heavy atom. The molecule has 0 aliphatic carbocycles. The lowest BCUT2D eigenvalue weighted by molar-refractivity contribution is 0.797. The molecule has 0 saturated heterocycles. The number of rotatable bonds is 3. The van der Waals surface area contributed by atoms with Crippen LogP contribution in [-0.2, 0) is 13.6 Å². The van der Waals surface area contributed by atoms with Crippen molar-refractivity contribution in [3.8, 4) is 11.3 Å². The van der Waals surface area contributed by atoms with E-state index in [1.165, 1.54) is 5.56 Å². The summed E-state index contributed by atoms with van der Waals surface area (Å²) >= 11 is 0. The molecular formula is C22H17N7. The van der Waals surface area contributed by atoms with E-state index in [1.807, 2.05) is 40.9 Å². The number of anilines is 2. The number of aliphatic imine (C=N–C) groups is 1. The van der Waals surface area contributed by atoms with Gasteiger partial charge in [-0.2, -0.15) is 5.10 Å². The van der Waals surface area contributed by atoms with Gasteiger partial charge in [0.25, 0.3) is 0 Å². The normalized spacial score (nSPS) is 12.7. The van der Waals surface area contributed by atoms with Gasteiger partial charge in [-0.3, -0.25) is 9.67 Å². The molecule has 4 heterocycles. The summed E-state index contributed by atoms with van der Waals surface area (Å²) in [6.45, 7) is 0.755. The van der Waals surface area contributed by atoms with Crippen molar-refractivity contribution in [3.63, 3.8) is 0 Å². The van der Waals surface area contributed by atoms with Crippen LogP contribution >= 0.6 is 0 Å². The summed E-state index contributed by atoms with van der Waals surface area (Å²) in [5, 5.41) is 8.86. The average molecular weight is 379 g/mol. The highest BCUT2D eigenvalue weighted by molar-refractivity contribution is 5.87. The van der Waals surface area contributed by atoms with Crippen LogP contribution in [0.5, 0.6) is 0 Å². The van der Waals surface area contributed by atoms with Crippen molar-refractivity contribution in [2.24, 2.45) is 12.0 Å². The first kappa shape index (κ1) is 16.0. The number of hydrogen-bond acceptors (Lipinski definition) is 5. The van der Waals surface area contributed by atoms with Gasteiger partial charge >= 0.3 is 0 Å². The van der Waals surface area contributed by atoms with E-state index in [9.17, 15) is 0 Å². The number of aromatic nitrogens is 5. The van der Waals surface area contributed by atoms with Crippen LogP contribution in [0.25, 0.3) is 27.8 Å². The summed E-state index contributed by atoms with van der Waals surface area (Å²) < 4.78 is 3.86. The number of aryl methyl sites for hydroxylation is 1. The molecule has 7 heteroatoms. The Morgan fingerprint density at radius 1 is 1.10 bits per heavy atom. The Bertz CT molecular complexity index is 1420. The summed E-state index contributed by atoms with van der Waals surface area (Å²) in [6, 6.07) is 12.5. The van der Waals surface area contributed by atoms with Crippen molar-refractivity contribution in [2.75, 3.05) is 5.32 Å². The zero-order valence-electron chi connectivity index (χ0n) is 15.7. The summed E-state index contributed by atoms with van der Waals surface area (Å²) in [6.07, 6.45) is 9.51. The van der Waals surface area contributed by atoms with Crippen molar-refractivity contribution < 1.29 is 0 Å². The summed E-state index contributed by atoms with van der Waals surface area (Å²) in [4.78, 5) is 13.7. The van der Waals surface area contributed by atoms with E-state index < -0.39 is 0 Å². The Morgan fingerprint density at radius 3 is 3.03 bits per heavy atom. The smallest absolute Gasteiger partial charge is 0.180 e. The lowest BCUT2D eigenvalue weighted by Gasteiger charge is -2.11. The molecule has 0 fully saturated rings. The predicted octanol–water partition coefficient (Wildman–Crippen LogP) is 3.96. The lowest BCUT2D eigenvalue weighted by atomic mass is 10.1. The van der Waals surface area contributed by atoms with Gasteiger partial charge in [0.2, 0.25) is 0 Å². The van der Waals surface area contributed by atoms with E-state index in [0.717, 1.165) is 45.6 Å². The second kappa shape index (κ2) is 6.00. The number of nitrogens with one attached hydrogen (secondary N) is 1. The number of imidazole rings is 1. The SMILES string of the molecule is Cn1ncc2cc(-c3cn4ccnc4c(Nc4ccc5c(c4)C=NC5)n3)ccc21. The maximum absolute atomic E-state index is 4.89. The van der Waals surface area contributed by atoms with Crippen LogP contribution < -0.4 is 5.32 Å². The van der Waals surface area contributed by atoms with Gasteiger partial charge in [0.05, 0.1) is 24.0 Å². The number of hydrogen-bond donors (Lipinski definition) is 1. The van der Waals surface area contributed by atoms with Gasteiger partial charge in [-0.05, 0) is 35.4 Å². The Labute approximate surface area is 166 Å². The molecule has 2 aromatic carbocycles. The zero-order valence-corrected chi connectivity index (χ0v) is 15.7. The second-order valence-corrected chi connectivity index (χ2v) is 7.18. The molecule has 1 aliphatic heterocycles. The molecule has 0 saturated carbocycles. The third-order valence-electron chi connectivity index (χ3n) is 5.32. The fourth-order valence-corrected chi connectivity index (χ4v) is 3.79. The van der Waals surface area contributed by atoms with Crippen LogP contribution in [0.15, 0.2) is 66.2 Å². The Balaban J connectivity index is 1.46. The molecule has 0 bridgehead atoms. The van der Waals surface area contributed by atoms with E-state index in [2.05, 4.69) is 56.8 Å². The van der Waals surface area contributed by atoms with E-state index in [4.69, 9.17) is 4.98 Å². The molecule has 0 spiro atoms. The quantitative estimate of drug-likeness (QED) is 0.515. The molecule has 3 aromatic heterocycles. The van der Waals surface area contributed by atoms with E-state index in [-0.39, 0.29) is 0 Å². The first-order valence-corrected chi connectivity index (χ1v) is 9.40. The zero-order chi connectivity index (χ0) is 19.4. The minimum absolute atomic E-state index is 0.716. The third-order valence-corrected chi connectivity index (χ3v) is 5.32. The molecule has 5 aromatic rings. The molecule has 1 aliphatic rings. The molecule has 0 radical (unpaired) electrons. The molecule has 6 rings (SSSR count). The van der Waals surface area contributed by atoms with Crippen LogP contribution in [0, 0.1) is 0 Å². The van der Waals surface area contributed by atoms with Gasteiger partial charge in [0.1, 0.15) is 0 Å². The van der Waals surface area contributed by atoms with Crippen LogP contribution in [0.2, 0.25) is 0 Å². The van der Waals surface area contributed by atoms with Crippen LogP contribution in [0.4, 0.5) is 11.5 Å². The molecule has 0 atom stereocenters. The summed E-state index contributed by atoms with van der Waals surface area (Å²) in [5.41, 5.74) is 7.13. The van der Waals surface area contributed by atoms with Gasteiger partial charge in [0, 0.05) is 48.5 Å². The van der Waals surface area contributed by atoms with Gasteiger partial charge in [-0.1, -0.05) is 12.1 Å². The topological polar surface area (TPSA) is 72.4 Å². The van der Waals surface area contributed by atoms with Crippen molar-refractivity contribution >= 4 is 34.3 Å². The summed E-state index contributed by atoms with van der Waals surface area (Å²) in [7, 11) is 1.95. The monoisotopic (exact) mass is 379 g/mol. The van der Waals surface area contributed by atoms with Crippen molar-refractivity contribution in [1.82, 2.24) is 24.1 Å². The highest BCUT2D eigenvalue weighted by Crippen LogP contribution is 2.28. The van der Waals surface area contributed by atoms with Gasteiger partial charge in [-0.25, -0.2) is 9.97 Å². The number of fused-ring (bicyclic) bond motifs is 3. The van der Waals surface area contributed by atoms with E-state index >= 15 is 0 Å². The standard InChI is InChI=1S/C22H17N7/c1-28-20-5-3-14(8-17(20)12-25-28)19-13-29-7-6-24-22(29)21(27-19)26-18-4-2-15-10-23-11-16(15)9-18/h2-9,11-13H,10H2,1H3,(H,26,27). The minimum Gasteiger partial charge on any atom is -0.337 e. The van der Waals surface area contributed by atoms with Crippen LogP contribution in [0.3, 0.4) is 0 Å². The molecule has 0 amide bonds. The molecule has 140 valence electrons. The van der Waals surface area contributed by atoms with Gasteiger partial charge in [0.15, 0.2) is 11.5 Å². The third kappa shape index (κ3) is 2.59. The second-order valence-electron chi connectivity index (χ2n) is 7.18. The summed E-state index contributed by atoms with van der Waals surface area (Å²) in [5.74, 6) is 0.716. The first-order chi connectivity index (χ1) is 14.2. The van der Waals surface area contributed by atoms with Crippen molar-refractivity contribution in [2.45, 2.75) is 6.54 Å².